The summed E-state index contributed by atoms with van der Waals surface area (Å²) in [6, 6.07) is 9.55. The lowest BCUT2D eigenvalue weighted by molar-refractivity contribution is -0.136. The van der Waals surface area contributed by atoms with E-state index in [1.807, 2.05) is 24.3 Å². The summed E-state index contributed by atoms with van der Waals surface area (Å²) in [5.41, 5.74) is 2.45. The Hall–Kier alpha value is -1.62. The smallest absolute Gasteiger partial charge is 0.309 e. The number of carbonyl (C=O) groups is 1. The van der Waals surface area contributed by atoms with Crippen molar-refractivity contribution in [2.45, 2.75) is 6.42 Å². The topological polar surface area (TPSA) is 55.1 Å². The summed E-state index contributed by atoms with van der Waals surface area (Å²) in [6.45, 7) is 0. The monoisotopic (exact) mass is 294 g/mol. The van der Waals surface area contributed by atoms with Crippen LogP contribution in [-0.4, -0.2) is 20.9 Å². The van der Waals surface area contributed by atoms with Crippen LogP contribution in [0.3, 0.4) is 0 Å². The van der Waals surface area contributed by atoms with Crippen molar-refractivity contribution in [2.24, 2.45) is 7.05 Å². The molecule has 2 rings (SSSR count). The van der Waals surface area contributed by atoms with Gasteiger partial charge in [0.1, 0.15) is 0 Å². The Bertz CT molecular complexity index is 546. The van der Waals surface area contributed by atoms with Gasteiger partial charge in [0, 0.05) is 22.8 Å². The third-order valence-corrected chi connectivity index (χ3v) is 2.98. The lowest BCUT2D eigenvalue weighted by atomic mass is 10.1. The Kier molecular flexibility index (Phi) is 3.28. The quantitative estimate of drug-likeness (QED) is 0.946. The van der Waals surface area contributed by atoms with Crippen LogP contribution in [0.15, 0.2) is 34.8 Å². The van der Waals surface area contributed by atoms with E-state index in [2.05, 4.69) is 21.0 Å². The maximum Gasteiger partial charge on any atom is 0.309 e. The molecule has 0 atom stereocenters. The zero-order valence-corrected chi connectivity index (χ0v) is 10.8. The van der Waals surface area contributed by atoms with Crippen LogP contribution in [0.4, 0.5) is 0 Å². The number of halogens is 1. The van der Waals surface area contributed by atoms with Crippen molar-refractivity contribution >= 4 is 21.9 Å². The molecule has 0 aliphatic carbocycles. The minimum atomic E-state index is -0.852. The third-order valence-electron chi connectivity index (χ3n) is 2.45. The van der Waals surface area contributed by atoms with E-state index in [0.29, 0.717) is 5.69 Å². The molecule has 0 fully saturated rings. The second kappa shape index (κ2) is 4.71. The molecule has 17 heavy (non-hydrogen) atoms. The Morgan fingerprint density at radius 2 is 2.06 bits per heavy atom. The second-order valence-corrected chi connectivity index (χ2v) is 4.64. The van der Waals surface area contributed by atoms with Crippen molar-refractivity contribution in [1.29, 1.82) is 0 Å². The lowest BCUT2D eigenvalue weighted by Gasteiger charge is -1.96. The summed E-state index contributed by atoms with van der Waals surface area (Å²) < 4.78 is 2.61. The first kappa shape index (κ1) is 11.9. The summed E-state index contributed by atoms with van der Waals surface area (Å²) in [5.74, 6) is -0.852. The van der Waals surface area contributed by atoms with Crippen LogP contribution in [0.1, 0.15) is 5.69 Å². The lowest BCUT2D eigenvalue weighted by Crippen LogP contribution is -2.05. The van der Waals surface area contributed by atoms with Crippen LogP contribution < -0.4 is 0 Å². The predicted octanol–water partition coefficient (Wildman–Crippen LogP) is 2.48. The van der Waals surface area contributed by atoms with Gasteiger partial charge in [0.15, 0.2) is 0 Å². The molecule has 88 valence electrons. The van der Waals surface area contributed by atoms with Gasteiger partial charge < -0.3 is 5.11 Å². The fourth-order valence-corrected chi connectivity index (χ4v) is 1.85. The van der Waals surface area contributed by atoms with E-state index in [-0.39, 0.29) is 6.42 Å². The first-order valence-corrected chi connectivity index (χ1v) is 5.86. The standard InChI is InChI=1S/C12H11BrN2O2/c1-15-10(7-12(16)17)6-11(14-15)8-2-4-9(13)5-3-8/h2-6H,7H2,1H3,(H,16,17). The van der Waals surface area contributed by atoms with Crippen LogP contribution >= 0.6 is 15.9 Å². The van der Waals surface area contributed by atoms with Gasteiger partial charge in [-0.1, -0.05) is 28.1 Å². The normalized spacial score (nSPS) is 10.5. The Morgan fingerprint density at radius 1 is 1.41 bits per heavy atom. The first-order chi connectivity index (χ1) is 8.06. The van der Waals surface area contributed by atoms with Gasteiger partial charge in [-0.05, 0) is 18.2 Å². The molecule has 5 heteroatoms. The molecule has 0 spiro atoms. The van der Waals surface area contributed by atoms with Crippen LogP contribution in [-0.2, 0) is 18.3 Å². The van der Waals surface area contributed by atoms with E-state index in [9.17, 15) is 4.79 Å². The van der Waals surface area contributed by atoms with E-state index in [0.717, 1.165) is 15.7 Å². The fraction of sp³-hybridized carbons (Fsp3) is 0.167. The number of aryl methyl sites for hydroxylation is 1. The van der Waals surface area contributed by atoms with E-state index in [1.54, 1.807) is 17.8 Å². The zero-order valence-electron chi connectivity index (χ0n) is 9.22. The van der Waals surface area contributed by atoms with Gasteiger partial charge in [-0.15, -0.1) is 0 Å². The largest absolute Gasteiger partial charge is 0.481 e. The molecular formula is C12H11BrN2O2. The molecule has 0 bridgehead atoms. The third kappa shape index (κ3) is 2.74. The minimum Gasteiger partial charge on any atom is -0.481 e. The first-order valence-electron chi connectivity index (χ1n) is 5.07. The number of aliphatic carboxylic acids is 1. The van der Waals surface area contributed by atoms with Gasteiger partial charge in [-0.25, -0.2) is 0 Å². The van der Waals surface area contributed by atoms with E-state index in [4.69, 9.17) is 5.11 Å². The molecule has 0 saturated carbocycles. The highest BCUT2D eigenvalue weighted by molar-refractivity contribution is 9.10. The van der Waals surface area contributed by atoms with Crippen LogP contribution in [0.5, 0.6) is 0 Å². The molecule has 0 aliphatic rings. The van der Waals surface area contributed by atoms with Gasteiger partial charge in [0.25, 0.3) is 0 Å². The number of benzene rings is 1. The van der Waals surface area contributed by atoms with Crippen molar-refractivity contribution in [2.75, 3.05) is 0 Å². The summed E-state index contributed by atoms with van der Waals surface area (Å²) in [6.07, 6.45) is -0.0139. The second-order valence-electron chi connectivity index (χ2n) is 3.72. The van der Waals surface area contributed by atoms with Gasteiger partial charge in [0.2, 0.25) is 0 Å². The van der Waals surface area contributed by atoms with E-state index >= 15 is 0 Å². The highest BCUT2D eigenvalue weighted by atomic mass is 79.9. The van der Waals surface area contributed by atoms with Crippen molar-refractivity contribution in [1.82, 2.24) is 9.78 Å². The average Bonchev–Trinajstić information content (AvgIpc) is 2.60. The number of hydrogen-bond donors (Lipinski definition) is 1. The molecule has 0 amide bonds. The highest BCUT2D eigenvalue weighted by Crippen LogP contribution is 2.21. The van der Waals surface area contributed by atoms with Gasteiger partial charge in [0.05, 0.1) is 12.1 Å². The summed E-state index contributed by atoms with van der Waals surface area (Å²) >= 11 is 3.37. The molecule has 0 radical (unpaired) electrons. The minimum absolute atomic E-state index is 0.0139. The molecule has 1 heterocycles. The number of aromatic nitrogens is 2. The van der Waals surface area contributed by atoms with Crippen molar-refractivity contribution in [3.05, 3.63) is 40.5 Å². The van der Waals surface area contributed by atoms with Gasteiger partial charge in [-0.2, -0.15) is 5.10 Å². The number of carboxylic acids is 1. The molecule has 0 unspecified atom stereocenters. The molecular weight excluding hydrogens is 284 g/mol. The number of rotatable bonds is 3. The van der Waals surface area contributed by atoms with Crippen LogP contribution in [0.2, 0.25) is 0 Å². The Balaban J connectivity index is 2.34. The molecule has 2 aromatic rings. The van der Waals surface area contributed by atoms with E-state index in [1.165, 1.54) is 0 Å². The van der Waals surface area contributed by atoms with E-state index < -0.39 is 5.97 Å². The van der Waals surface area contributed by atoms with Gasteiger partial charge in [-0.3, -0.25) is 9.48 Å². The Morgan fingerprint density at radius 3 is 2.65 bits per heavy atom. The van der Waals surface area contributed by atoms with Crippen molar-refractivity contribution in [3.8, 4) is 11.3 Å². The van der Waals surface area contributed by atoms with Gasteiger partial charge >= 0.3 is 5.97 Å². The number of hydrogen-bond acceptors (Lipinski definition) is 2. The van der Waals surface area contributed by atoms with Crippen LogP contribution in [0.25, 0.3) is 11.3 Å². The number of nitrogens with zero attached hydrogens (tertiary/aromatic N) is 2. The molecule has 1 N–H and O–H groups in total. The summed E-state index contributed by atoms with van der Waals surface area (Å²) in [5, 5.41) is 13.1. The van der Waals surface area contributed by atoms with Crippen molar-refractivity contribution < 1.29 is 9.90 Å². The maximum absolute atomic E-state index is 10.7. The molecule has 0 aliphatic heterocycles. The highest BCUT2D eigenvalue weighted by Gasteiger charge is 2.09. The van der Waals surface area contributed by atoms with Crippen LogP contribution in [0, 0.1) is 0 Å². The SMILES string of the molecule is Cn1nc(-c2ccc(Br)cc2)cc1CC(=O)O. The fourth-order valence-electron chi connectivity index (χ4n) is 1.59. The predicted molar refractivity (Wildman–Crippen MR) is 67.7 cm³/mol. The maximum atomic E-state index is 10.7. The average molecular weight is 295 g/mol. The summed E-state index contributed by atoms with van der Waals surface area (Å²) in [4.78, 5) is 10.7. The number of carboxylic acid groups (broad SMARTS) is 1. The summed E-state index contributed by atoms with van der Waals surface area (Å²) in [7, 11) is 1.75. The Labute approximate surface area is 107 Å². The molecule has 1 aromatic heterocycles. The molecule has 1 aromatic carbocycles. The zero-order chi connectivity index (χ0) is 12.4. The molecule has 4 nitrogen and oxygen atoms in total. The molecule has 0 saturated heterocycles. The van der Waals surface area contributed by atoms with Crippen molar-refractivity contribution in [3.63, 3.8) is 0 Å².